The standard InChI is InChI=1S/C13H20Cl2N2O/c1-3-17(4-2)6-5-16-9-10-7-11(14)8-12(15)13(10)18/h7-8,16,18H,3-6,9H2,1-2H3. The van der Waals surface area contributed by atoms with Gasteiger partial charge in [-0.2, -0.15) is 0 Å². The van der Waals surface area contributed by atoms with Gasteiger partial charge in [-0.05, 0) is 25.2 Å². The zero-order valence-corrected chi connectivity index (χ0v) is 12.4. The Balaban J connectivity index is 2.44. The van der Waals surface area contributed by atoms with E-state index < -0.39 is 0 Å². The van der Waals surface area contributed by atoms with Gasteiger partial charge in [0.25, 0.3) is 0 Å². The van der Waals surface area contributed by atoms with Crippen LogP contribution in [0, 0.1) is 0 Å². The van der Waals surface area contributed by atoms with Gasteiger partial charge in [0.15, 0.2) is 0 Å². The van der Waals surface area contributed by atoms with Gasteiger partial charge in [0, 0.05) is 22.2 Å². The fraction of sp³-hybridized carbons (Fsp3) is 0.538. The Morgan fingerprint density at radius 2 is 1.89 bits per heavy atom. The second kappa shape index (κ2) is 7.85. The largest absolute Gasteiger partial charge is 0.871 e. The molecular formula is C13H20Cl2N2O. The third kappa shape index (κ3) is 4.65. The second-order valence-corrected chi connectivity index (χ2v) is 5.03. The number of benzene rings is 1. The van der Waals surface area contributed by atoms with Crippen molar-refractivity contribution in [3.8, 4) is 5.75 Å². The Kier molecular flexibility index (Phi) is 6.79. The van der Waals surface area contributed by atoms with Crippen LogP contribution in [0.15, 0.2) is 12.1 Å². The highest BCUT2D eigenvalue weighted by Gasteiger charge is 2.04. The lowest BCUT2D eigenvalue weighted by molar-refractivity contribution is -0.670. The molecule has 3 nitrogen and oxygen atoms in total. The number of nitrogens with two attached hydrogens (primary N) is 1. The summed E-state index contributed by atoms with van der Waals surface area (Å²) in [6.07, 6.45) is 0. The van der Waals surface area contributed by atoms with Gasteiger partial charge in [0.1, 0.15) is 6.54 Å². The van der Waals surface area contributed by atoms with Crippen molar-refractivity contribution in [2.24, 2.45) is 0 Å². The molecule has 18 heavy (non-hydrogen) atoms. The van der Waals surface area contributed by atoms with Gasteiger partial charge in [0.05, 0.1) is 6.54 Å². The van der Waals surface area contributed by atoms with E-state index in [9.17, 15) is 5.11 Å². The Morgan fingerprint density at radius 3 is 2.50 bits per heavy atom. The minimum atomic E-state index is -0.111. The first-order valence-electron chi connectivity index (χ1n) is 6.27. The Hall–Kier alpha value is -0.480. The molecule has 1 rings (SSSR count). The summed E-state index contributed by atoms with van der Waals surface area (Å²) in [5, 5.41) is 14.6. The quantitative estimate of drug-likeness (QED) is 0.773. The van der Waals surface area contributed by atoms with Crippen molar-refractivity contribution in [1.29, 1.82) is 0 Å². The van der Waals surface area contributed by atoms with Crippen LogP contribution in [-0.4, -0.2) is 31.1 Å². The lowest BCUT2D eigenvalue weighted by Gasteiger charge is -2.18. The third-order valence-corrected chi connectivity index (χ3v) is 3.49. The first-order chi connectivity index (χ1) is 8.58. The number of hydrogen-bond acceptors (Lipinski definition) is 2. The van der Waals surface area contributed by atoms with Gasteiger partial charge in [-0.1, -0.05) is 42.8 Å². The molecule has 0 heterocycles. The van der Waals surface area contributed by atoms with E-state index in [1.807, 2.05) is 0 Å². The number of hydrogen-bond donors (Lipinski definition) is 1. The highest BCUT2D eigenvalue weighted by atomic mass is 35.5. The molecule has 0 atom stereocenters. The van der Waals surface area contributed by atoms with Crippen molar-refractivity contribution in [2.45, 2.75) is 20.4 Å². The van der Waals surface area contributed by atoms with E-state index in [-0.39, 0.29) is 10.8 Å². The zero-order chi connectivity index (χ0) is 13.5. The average Bonchev–Trinajstić information content (AvgIpc) is 2.35. The van der Waals surface area contributed by atoms with Gasteiger partial charge >= 0.3 is 0 Å². The van der Waals surface area contributed by atoms with Crippen LogP contribution < -0.4 is 10.4 Å². The number of quaternary nitrogens is 1. The maximum absolute atomic E-state index is 11.7. The second-order valence-electron chi connectivity index (χ2n) is 4.18. The summed E-state index contributed by atoms with van der Waals surface area (Å²) >= 11 is 11.7. The van der Waals surface area contributed by atoms with Crippen molar-refractivity contribution < 1.29 is 10.4 Å². The van der Waals surface area contributed by atoms with E-state index in [0.29, 0.717) is 17.1 Å². The molecule has 0 aliphatic carbocycles. The molecule has 0 bridgehead atoms. The van der Waals surface area contributed by atoms with Crippen molar-refractivity contribution >= 4 is 23.2 Å². The zero-order valence-electron chi connectivity index (χ0n) is 10.9. The minimum Gasteiger partial charge on any atom is -0.871 e. The summed E-state index contributed by atoms with van der Waals surface area (Å²) in [5.74, 6) is -0.111. The molecule has 0 saturated carbocycles. The van der Waals surface area contributed by atoms with Crippen LogP contribution in [0.5, 0.6) is 5.75 Å². The maximum Gasteiger partial charge on any atom is 0.101 e. The Bertz CT molecular complexity index is 381. The van der Waals surface area contributed by atoms with Crippen molar-refractivity contribution in [3.05, 3.63) is 27.7 Å². The van der Waals surface area contributed by atoms with E-state index in [4.69, 9.17) is 23.2 Å². The molecule has 0 aliphatic heterocycles. The highest BCUT2D eigenvalue weighted by Crippen LogP contribution is 2.28. The maximum atomic E-state index is 11.7. The first-order valence-corrected chi connectivity index (χ1v) is 7.03. The van der Waals surface area contributed by atoms with Crippen LogP contribution in [0.3, 0.4) is 0 Å². The lowest BCUT2D eigenvalue weighted by atomic mass is 10.2. The minimum absolute atomic E-state index is 0.111. The summed E-state index contributed by atoms with van der Waals surface area (Å²) < 4.78 is 0. The van der Waals surface area contributed by atoms with Gasteiger partial charge in [-0.3, -0.25) is 4.90 Å². The molecule has 1 aromatic carbocycles. The van der Waals surface area contributed by atoms with Crippen molar-refractivity contribution in [2.75, 3.05) is 26.2 Å². The summed E-state index contributed by atoms with van der Waals surface area (Å²) in [5.41, 5.74) is 0.673. The van der Waals surface area contributed by atoms with Crippen LogP contribution >= 0.6 is 23.2 Å². The molecule has 0 spiro atoms. The molecule has 0 saturated heterocycles. The van der Waals surface area contributed by atoms with E-state index in [0.717, 1.165) is 26.2 Å². The molecule has 0 fully saturated rings. The van der Waals surface area contributed by atoms with E-state index in [1.165, 1.54) is 6.07 Å². The van der Waals surface area contributed by atoms with Gasteiger partial charge in [-0.15, -0.1) is 0 Å². The van der Waals surface area contributed by atoms with Gasteiger partial charge in [-0.25, -0.2) is 0 Å². The van der Waals surface area contributed by atoms with Crippen molar-refractivity contribution in [1.82, 2.24) is 4.90 Å². The highest BCUT2D eigenvalue weighted by molar-refractivity contribution is 6.35. The predicted octanol–water partition coefficient (Wildman–Crippen LogP) is 1.47. The molecule has 0 radical (unpaired) electrons. The number of nitrogens with zero attached hydrogens (tertiary/aromatic N) is 1. The molecule has 0 unspecified atom stereocenters. The molecule has 0 aliphatic rings. The predicted molar refractivity (Wildman–Crippen MR) is 74.2 cm³/mol. The fourth-order valence-electron chi connectivity index (χ4n) is 1.84. The molecule has 102 valence electrons. The number of likely N-dealkylation sites (N-methyl/N-ethyl adjacent to an activating group) is 1. The van der Waals surface area contributed by atoms with Crippen LogP contribution in [0.2, 0.25) is 10.0 Å². The molecule has 2 N–H and O–H groups in total. The Morgan fingerprint density at radius 1 is 1.22 bits per heavy atom. The fourth-order valence-corrected chi connectivity index (χ4v) is 2.37. The van der Waals surface area contributed by atoms with Crippen LogP contribution in [0.4, 0.5) is 0 Å². The third-order valence-electron chi connectivity index (χ3n) is 2.99. The van der Waals surface area contributed by atoms with E-state index in [1.54, 1.807) is 6.07 Å². The topological polar surface area (TPSA) is 42.9 Å². The average molecular weight is 291 g/mol. The van der Waals surface area contributed by atoms with Crippen LogP contribution in [-0.2, 0) is 6.54 Å². The van der Waals surface area contributed by atoms with Crippen LogP contribution in [0.25, 0.3) is 0 Å². The molecule has 5 heteroatoms. The number of halogens is 2. The Labute approximate surface area is 119 Å². The normalized spacial score (nSPS) is 11.2. The monoisotopic (exact) mass is 290 g/mol. The van der Waals surface area contributed by atoms with Crippen LogP contribution in [0.1, 0.15) is 19.4 Å². The van der Waals surface area contributed by atoms with Crippen molar-refractivity contribution in [3.63, 3.8) is 0 Å². The number of rotatable bonds is 7. The smallest absolute Gasteiger partial charge is 0.101 e. The van der Waals surface area contributed by atoms with E-state index >= 15 is 0 Å². The van der Waals surface area contributed by atoms with Gasteiger partial charge in [0.2, 0.25) is 0 Å². The summed E-state index contributed by atoms with van der Waals surface area (Å²) in [4.78, 5) is 2.35. The molecular weight excluding hydrogens is 271 g/mol. The first kappa shape index (κ1) is 15.6. The lowest BCUT2D eigenvalue weighted by Crippen LogP contribution is -2.84. The molecule has 1 aromatic rings. The SMILES string of the molecule is CCN(CC)CC[NH2+]Cc1cc(Cl)cc(Cl)c1[O-]. The summed E-state index contributed by atoms with van der Waals surface area (Å²) in [6, 6.07) is 3.19. The van der Waals surface area contributed by atoms with Gasteiger partial charge < -0.3 is 10.4 Å². The molecule has 0 amide bonds. The van der Waals surface area contributed by atoms with E-state index in [2.05, 4.69) is 24.1 Å². The summed E-state index contributed by atoms with van der Waals surface area (Å²) in [6.45, 7) is 9.02. The summed E-state index contributed by atoms with van der Waals surface area (Å²) in [7, 11) is 0. The molecule has 0 aromatic heterocycles.